The number of hydrogen-bond acceptors (Lipinski definition) is 4. The van der Waals surface area contributed by atoms with Gasteiger partial charge in [-0.25, -0.2) is 0 Å². The minimum absolute atomic E-state index is 0. The molecule has 0 fully saturated rings. The molecule has 0 aliphatic carbocycles. The Morgan fingerprint density at radius 2 is 0.864 bits per heavy atom. The van der Waals surface area contributed by atoms with E-state index in [9.17, 15) is 0 Å². The second-order valence-corrected chi connectivity index (χ2v) is 3.32. The molecule has 4 N–H and O–H groups in total. The molecular formula is C18H32N2O2. The molecule has 0 aliphatic heterocycles. The number of ether oxygens (including phenoxy) is 2. The third-order valence-corrected chi connectivity index (χ3v) is 2.11. The predicted octanol–water partition coefficient (Wildman–Crippen LogP) is 3.57. The van der Waals surface area contributed by atoms with Gasteiger partial charge < -0.3 is 20.9 Å². The van der Waals surface area contributed by atoms with Gasteiger partial charge in [0.15, 0.2) is 0 Å². The van der Waals surface area contributed by atoms with E-state index in [0.717, 1.165) is 11.5 Å². The second kappa shape index (κ2) is 19.0. The van der Waals surface area contributed by atoms with Gasteiger partial charge in [-0.05, 0) is 38.4 Å². The van der Waals surface area contributed by atoms with Crippen molar-refractivity contribution in [1.82, 2.24) is 0 Å². The van der Waals surface area contributed by atoms with Crippen LogP contribution < -0.4 is 20.9 Å². The van der Waals surface area contributed by atoms with E-state index in [-0.39, 0.29) is 14.9 Å². The summed E-state index contributed by atoms with van der Waals surface area (Å²) in [6.07, 6.45) is 0. The van der Waals surface area contributed by atoms with Crippen LogP contribution in [0.2, 0.25) is 0 Å². The number of rotatable bonds is 5. The molecule has 0 saturated carbocycles. The number of hydrogen-bond donors (Lipinski definition) is 2. The van der Waals surface area contributed by atoms with Crippen LogP contribution in [0.1, 0.15) is 14.9 Å². The normalized spacial score (nSPS) is 7.64. The molecule has 0 aliphatic rings. The highest BCUT2D eigenvalue weighted by atomic mass is 16.5. The maximum absolute atomic E-state index is 5.50. The van der Waals surface area contributed by atoms with E-state index in [1.807, 2.05) is 60.7 Å². The summed E-state index contributed by atoms with van der Waals surface area (Å²) in [5.74, 6) is 1.75. The van der Waals surface area contributed by atoms with Crippen LogP contribution in [-0.2, 0) is 0 Å². The SMILES string of the molecule is C.C.CN.CN.c1ccc(OCCOc2ccccc2)cc1. The van der Waals surface area contributed by atoms with Gasteiger partial charge in [-0.2, -0.15) is 0 Å². The molecule has 0 unspecified atom stereocenters. The molecule has 4 heteroatoms. The van der Waals surface area contributed by atoms with Gasteiger partial charge >= 0.3 is 0 Å². The van der Waals surface area contributed by atoms with Gasteiger partial charge in [0.2, 0.25) is 0 Å². The Bertz CT molecular complexity index is 366. The number of para-hydroxylation sites is 2. The molecular weight excluding hydrogens is 276 g/mol. The van der Waals surface area contributed by atoms with Crippen molar-refractivity contribution in [3.63, 3.8) is 0 Å². The monoisotopic (exact) mass is 308 g/mol. The van der Waals surface area contributed by atoms with Crippen LogP contribution in [0.4, 0.5) is 0 Å². The fraction of sp³-hybridized carbons (Fsp3) is 0.333. The van der Waals surface area contributed by atoms with Gasteiger partial charge in [-0.1, -0.05) is 51.3 Å². The Balaban J connectivity index is -0.000000557. The van der Waals surface area contributed by atoms with Crippen LogP contribution in [0, 0.1) is 0 Å². The molecule has 0 radical (unpaired) electrons. The average Bonchev–Trinajstić information content (AvgIpc) is 2.57. The Hall–Kier alpha value is -2.04. The summed E-state index contributed by atoms with van der Waals surface area (Å²) >= 11 is 0. The van der Waals surface area contributed by atoms with E-state index in [4.69, 9.17) is 9.47 Å². The van der Waals surface area contributed by atoms with E-state index in [1.54, 1.807) is 0 Å². The molecule has 2 rings (SSSR count). The summed E-state index contributed by atoms with van der Waals surface area (Å²) in [4.78, 5) is 0. The zero-order chi connectivity index (χ0) is 15.1. The van der Waals surface area contributed by atoms with E-state index in [1.165, 1.54) is 14.1 Å². The Morgan fingerprint density at radius 3 is 1.14 bits per heavy atom. The highest BCUT2D eigenvalue weighted by molar-refractivity contribution is 5.22. The van der Waals surface area contributed by atoms with Crippen molar-refractivity contribution in [3.05, 3.63) is 60.7 Å². The maximum atomic E-state index is 5.50. The van der Waals surface area contributed by atoms with Gasteiger partial charge in [0, 0.05) is 0 Å². The Morgan fingerprint density at radius 1 is 0.591 bits per heavy atom. The molecule has 0 aromatic heterocycles. The lowest BCUT2D eigenvalue weighted by molar-refractivity contribution is 0.217. The summed E-state index contributed by atoms with van der Waals surface area (Å²) in [6, 6.07) is 19.5. The molecule has 126 valence electrons. The van der Waals surface area contributed by atoms with E-state index >= 15 is 0 Å². The zero-order valence-electron chi connectivity index (χ0n) is 12.2. The third-order valence-electron chi connectivity index (χ3n) is 2.11. The van der Waals surface area contributed by atoms with Crippen molar-refractivity contribution in [2.75, 3.05) is 27.3 Å². The van der Waals surface area contributed by atoms with E-state index < -0.39 is 0 Å². The first-order valence-corrected chi connectivity index (χ1v) is 6.46. The Labute approximate surface area is 136 Å². The highest BCUT2D eigenvalue weighted by Crippen LogP contribution is 2.10. The molecule has 0 saturated heterocycles. The summed E-state index contributed by atoms with van der Waals surface area (Å²) < 4.78 is 11.0. The quantitative estimate of drug-likeness (QED) is 0.828. The lowest BCUT2D eigenvalue weighted by Crippen LogP contribution is -2.08. The van der Waals surface area contributed by atoms with Crippen LogP contribution in [0.3, 0.4) is 0 Å². The summed E-state index contributed by atoms with van der Waals surface area (Å²) in [5.41, 5.74) is 9.00. The summed E-state index contributed by atoms with van der Waals surface area (Å²) in [6.45, 7) is 1.11. The van der Waals surface area contributed by atoms with Crippen molar-refractivity contribution in [3.8, 4) is 11.5 Å². The third kappa shape index (κ3) is 11.8. The minimum atomic E-state index is 0. The van der Waals surface area contributed by atoms with Gasteiger partial charge in [0.05, 0.1) is 0 Å². The van der Waals surface area contributed by atoms with Crippen molar-refractivity contribution < 1.29 is 9.47 Å². The van der Waals surface area contributed by atoms with Crippen molar-refractivity contribution >= 4 is 0 Å². The molecule has 2 aromatic rings. The first-order valence-electron chi connectivity index (χ1n) is 6.46. The largest absolute Gasteiger partial charge is 0.490 e. The average molecular weight is 308 g/mol. The molecule has 0 spiro atoms. The molecule has 2 aromatic carbocycles. The second-order valence-electron chi connectivity index (χ2n) is 3.32. The van der Waals surface area contributed by atoms with E-state index in [0.29, 0.717) is 13.2 Å². The fourth-order valence-electron chi connectivity index (χ4n) is 1.35. The molecule has 22 heavy (non-hydrogen) atoms. The van der Waals surface area contributed by atoms with Crippen LogP contribution in [-0.4, -0.2) is 27.3 Å². The topological polar surface area (TPSA) is 70.5 Å². The standard InChI is InChI=1S/C14H14O2.2CH5N.2CH4/c1-3-7-13(8-4-1)15-11-12-16-14-9-5-2-6-10-14;2*1-2;;/h1-10H,11-12H2;2*2H2,1H3;2*1H4. The minimum Gasteiger partial charge on any atom is -0.490 e. The van der Waals surface area contributed by atoms with Gasteiger partial charge in [-0.3, -0.25) is 0 Å². The van der Waals surface area contributed by atoms with Gasteiger partial charge in [-0.15, -0.1) is 0 Å². The first-order chi connectivity index (χ1) is 9.95. The van der Waals surface area contributed by atoms with Gasteiger partial charge in [0.25, 0.3) is 0 Å². The summed E-state index contributed by atoms with van der Waals surface area (Å²) in [7, 11) is 3.00. The fourth-order valence-corrected chi connectivity index (χ4v) is 1.35. The van der Waals surface area contributed by atoms with Crippen LogP contribution >= 0.6 is 0 Å². The van der Waals surface area contributed by atoms with E-state index in [2.05, 4.69) is 11.5 Å². The number of benzene rings is 2. The Kier molecular flexibility index (Phi) is 21.5. The molecule has 0 amide bonds. The smallest absolute Gasteiger partial charge is 0.122 e. The first kappa shape index (κ1) is 24.9. The number of nitrogens with two attached hydrogens (primary N) is 2. The zero-order valence-corrected chi connectivity index (χ0v) is 12.2. The molecule has 0 atom stereocenters. The van der Waals surface area contributed by atoms with Crippen LogP contribution in [0.15, 0.2) is 60.7 Å². The van der Waals surface area contributed by atoms with Crippen LogP contribution in [0.5, 0.6) is 11.5 Å². The highest BCUT2D eigenvalue weighted by Gasteiger charge is 1.93. The predicted molar refractivity (Wildman–Crippen MR) is 97.6 cm³/mol. The van der Waals surface area contributed by atoms with Crippen molar-refractivity contribution in [2.24, 2.45) is 11.5 Å². The van der Waals surface area contributed by atoms with Crippen molar-refractivity contribution in [2.45, 2.75) is 14.9 Å². The maximum Gasteiger partial charge on any atom is 0.122 e. The lowest BCUT2D eigenvalue weighted by atomic mass is 10.3. The molecule has 0 heterocycles. The molecule has 4 nitrogen and oxygen atoms in total. The molecule has 0 bridgehead atoms. The van der Waals surface area contributed by atoms with Crippen molar-refractivity contribution in [1.29, 1.82) is 0 Å². The summed E-state index contributed by atoms with van der Waals surface area (Å²) in [5, 5.41) is 0. The van der Waals surface area contributed by atoms with Gasteiger partial charge in [0.1, 0.15) is 24.7 Å². The lowest BCUT2D eigenvalue weighted by Gasteiger charge is -2.07. The van der Waals surface area contributed by atoms with Crippen LogP contribution in [0.25, 0.3) is 0 Å².